The topological polar surface area (TPSA) is 105 Å². The Hall–Kier alpha value is -2.58. The number of phenols is 1. The van der Waals surface area contributed by atoms with Gasteiger partial charge in [0.1, 0.15) is 23.7 Å². The molecule has 0 radical (unpaired) electrons. The summed E-state index contributed by atoms with van der Waals surface area (Å²) in [6, 6.07) is 11.8. The van der Waals surface area contributed by atoms with Crippen LogP contribution in [0.2, 0.25) is 5.02 Å². The van der Waals surface area contributed by atoms with Gasteiger partial charge in [-0.2, -0.15) is 0 Å². The molecule has 1 saturated carbocycles. The summed E-state index contributed by atoms with van der Waals surface area (Å²) in [4.78, 5) is 12.2. The first kappa shape index (κ1) is 25.1. The maximum absolute atomic E-state index is 12.2. The molecule has 0 aromatic heterocycles. The molecule has 1 aliphatic rings. The molecule has 1 aliphatic carbocycles. The van der Waals surface area contributed by atoms with E-state index in [4.69, 9.17) is 25.8 Å². The number of phenolic OH excluding ortho intramolecular Hbond substituents is 1. The number of rotatable bonds is 9. The van der Waals surface area contributed by atoms with E-state index in [0.717, 1.165) is 24.2 Å². The molecule has 3 rings (SSSR count). The van der Waals surface area contributed by atoms with Crippen LogP contribution in [0.25, 0.3) is 6.08 Å². The Bertz CT molecular complexity index is 944. The van der Waals surface area contributed by atoms with Crippen LogP contribution in [-0.2, 0) is 20.7 Å². The normalized spacial score (nSPS) is 22.9. The lowest BCUT2D eigenvalue weighted by molar-refractivity contribution is -0.170. The van der Waals surface area contributed by atoms with Crippen LogP contribution in [-0.4, -0.2) is 59.4 Å². The predicted octanol–water partition coefficient (Wildman–Crippen LogP) is 3.51. The highest BCUT2D eigenvalue weighted by Crippen LogP contribution is 2.27. The third-order valence-electron chi connectivity index (χ3n) is 5.54. The summed E-state index contributed by atoms with van der Waals surface area (Å²) in [7, 11) is 1.60. The standard InChI is InChI=1S/C25H29ClO7/c1-31-22-13-18(26)8-7-17(22)3-2-12-32-20-14-21(28)25(30)23(15-20)33-24(29)11-6-16-4-9-19(27)10-5-16/h4-11,13,20-21,23,25,27-28,30H,2-3,12,14-15H2,1H3/b11-6+/t20-,21-,23+,25+/m0/s1. The molecule has 0 spiro atoms. The van der Waals surface area contributed by atoms with Crippen LogP contribution in [0.15, 0.2) is 48.5 Å². The number of carbonyl (C=O) groups is 1. The molecule has 0 aliphatic heterocycles. The second-order valence-corrected chi connectivity index (χ2v) is 8.42. The number of ether oxygens (including phenoxy) is 3. The van der Waals surface area contributed by atoms with Crippen molar-refractivity contribution in [2.24, 2.45) is 0 Å². The average Bonchev–Trinajstić information content (AvgIpc) is 2.80. The number of esters is 1. The highest BCUT2D eigenvalue weighted by molar-refractivity contribution is 6.30. The monoisotopic (exact) mass is 476 g/mol. The van der Waals surface area contributed by atoms with Crippen LogP contribution < -0.4 is 4.74 Å². The third-order valence-corrected chi connectivity index (χ3v) is 5.78. The quantitative estimate of drug-likeness (QED) is 0.289. The van der Waals surface area contributed by atoms with Crippen LogP contribution in [0.4, 0.5) is 0 Å². The lowest BCUT2D eigenvalue weighted by atomic mass is 9.89. The van der Waals surface area contributed by atoms with Crippen molar-refractivity contribution in [1.29, 1.82) is 0 Å². The van der Waals surface area contributed by atoms with E-state index in [-0.39, 0.29) is 18.3 Å². The number of carbonyl (C=O) groups excluding carboxylic acids is 1. The molecule has 0 heterocycles. The van der Waals surface area contributed by atoms with Crippen LogP contribution in [0.1, 0.15) is 30.4 Å². The lowest BCUT2D eigenvalue weighted by Gasteiger charge is -2.36. The van der Waals surface area contributed by atoms with Gasteiger partial charge in [-0.05, 0) is 54.3 Å². The van der Waals surface area contributed by atoms with Crippen molar-refractivity contribution < 1.29 is 34.3 Å². The van der Waals surface area contributed by atoms with Crippen molar-refractivity contribution in [3.63, 3.8) is 0 Å². The van der Waals surface area contributed by atoms with Crippen molar-refractivity contribution in [3.8, 4) is 11.5 Å². The van der Waals surface area contributed by atoms with Gasteiger partial charge in [0.05, 0.1) is 19.3 Å². The van der Waals surface area contributed by atoms with Gasteiger partial charge in [-0.3, -0.25) is 0 Å². The largest absolute Gasteiger partial charge is 0.508 e. The molecule has 178 valence electrons. The van der Waals surface area contributed by atoms with E-state index in [0.29, 0.717) is 23.6 Å². The van der Waals surface area contributed by atoms with E-state index >= 15 is 0 Å². The summed E-state index contributed by atoms with van der Waals surface area (Å²) in [6.45, 7) is 0.445. The third kappa shape index (κ3) is 7.47. The zero-order valence-corrected chi connectivity index (χ0v) is 19.1. The summed E-state index contributed by atoms with van der Waals surface area (Å²) in [6.07, 6.45) is 1.40. The van der Waals surface area contributed by atoms with Gasteiger partial charge in [0, 0.05) is 30.5 Å². The van der Waals surface area contributed by atoms with Gasteiger partial charge in [-0.15, -0.1) is 0 Å². The smallest absolute Gasteiger partial charge is 0.331 e. The predicted molar refractivity (Wildman–Crippen MR) is 124 cm³/mol. The molecule has 4 atom stereocenters. The highest BCUT2D eigenvalue weighted by atomic mass is 35.5. The Morgan fingerprint density at radius 1 is 1.15 bits per heavy atom. The van der Waals surface area contributed by atoms with Crippen LogP contribution in [0.5, 0.6) is 11.5 Å². The number of hydrogen-bond donors (Lipinski definition) is 3. The number of halogens is 1. The summed E-state index contributed by atoms with van der Waals surface area (Å²) < 4.78 is 16.6. The van der Waals surface area contributed by atoms with Gasteiger partial charge in [0.2, 0.25) is 0 Å². The molecule has 1 fully saturated rings. The summed E-state index contributed by atoms with van der Waals surface area (Å²) in [5, 5.41) is 30.4. The Kier molecular flexibility index (Phi) is 9.14. The van der Waals surface area contributed by atoms with E-state index in [9.17, 15) is 20.1 Å². The van der Waals surface area contributed by atoms with E-state index in [1.807, 2.05) is 12.1 Å². The molecule has 2 aromatic rings. The lowest BCUT2D eigenvalue weighted by Crippen LogP contribution is -2.48. The Morgan fingerprint density at radius 3 is 2.64 bits per heavy atom. The van der Waals surface area contributed by atoms with Crippen molar-refractivity contribution in [1.82, 2.24) is 0 Å². The van der Waals surface area contributed by atoms with Gasteiger partial charge in [0.25, 0.3) is 0 Å². The number of aromatic hydroxyl groups is 1. The zero-order valence-electron chi connectivity index (χ0n) is 18.4. The summed E-state index contributed by atoms with van der Waals surface area (Å²) in [5.74, 6) is 0.230. The van der Waals surface area contributed by atoms with Gasteiger partial charge in [-0.25, -0.2) is 4.79 Å². The van der Waals surface area contributed by atoms with Crippen molar-refractivity contribution >= 4 is 23.6 Å². The molecule has 0 bridgehead atoms. The molecule has 0 amide bonds. The minimum absolute atomic E-state index is 0.132. The molecule has 33 heavy (non-hydrogen) atoms. The molecular weight excluding hydrogens is 448 g/mol. The number of hydrogen-bond acceptors (Lipinski definition) is 7. The molecule has 0 unspecified atom stereocenters. The minimum Gasteiger partial charge on any atom is -0.508 e. The number of methoxy groups -OCH3 is 1. The molecule has 0 saturated heterocycles. The number of aliphatic hydroxyl groups is 2. The maximum Gasteiger partial charge on any atom is 0.331 e. The van der Waals surface area contributed by atoms with E-state index < -0.39 is 24.3 Å². The van der Waals surface area contributed by atoms with E-state index in [1.54, 1.807) is 31.4 Å². The first-order valence-electron chi connectivity index (χ1n) is 10.8. The van der Waals surface area contributed by atoms with Crippen molar-refractivity contribution in [3.05, 3.63) is 64.7 Å². The van der Waals surface area contributed by atoms with Gasteiger partial charge < -0.3 is 29.5 Å². The van der Waals surface area contributed by atoms with E-state index in [1.165, 1.54) is 18.2 Å². The van der Waals surface area contributed by atoms with E-state index in [2.05, 4.69) is 0 Å². The first-order valence-corrected chi connectivity index (χ1v) is 11.2. The van der Waals surface area contributed by atoms with Crippen LogP contribution in [0, 0.1) is 0 Å². The number of benzene rings is 2. The second-order valence-electron chi connectivity index (χ2n) is 7.98. The summed E-state index contributed by atoms with van der Waals surface area (Å²) in [5.41, 5.74) is 1.74. The molecule has 8 heteroatoms. The Labute approximate surface area is 198 Å². The minimum atomic E-state index is -1.17. The SMILES string of the molecule is COc1cc(Cl)ccc1CCCO[C@H]1C[C@H](O)[C@@H](O)[C@H](OC(=O)/C=C/c2ccc(O)cc2)C1. The van der Waals surface area contributed by atoms with Crippen molar-refractivity contribution in [2.45, 2.75) is 50.1 Å². The second kappa shape index (κ2) is 12.0. The molecule has 7 nitrogen and oxygen atoms in total. The fourth-order valence-electron chi connectivity index (χ4n) is 3.78. The maximum atomic E-state index is 12.2. The molecular formula is C25H29ClO7. The highest BCUT2D eigenvalue weighted by Gasteiger charge is 2.38. The Morgan fingerprint density at radius 2 is 1.91 bits per heavy atom. The number of aryl methyl sites for hydroxylation is 1. The van der Waals surface area contributed by atoms with Crippen molar-refractivity contribution in [2.75, 3.05) is 13.7 Å². The molecule has 2 aromatic carbocycles. The van der Waals surface area contributed by atoms with Gasteiger partial charge in [-0.1, -0.05) is 29.8 Å². The number of aliphatic hydroxyl groups excluding tert-OH is 2. The zero-order chi connectivity index (χ0) is 23.8. The fourth-order valence-corrected chi connectivity index (χ4v) is 3.94. The summed E-state index contributed by atoms with van der Waals surface area (Å²) >= 11 is 5.99. The van der Waals surface area contributed by atoms with Crippen LogP contribution in [0.3, 0.4) is 0 Å². The first-order chi connectivity index (χ1) is 15.9. The molecule has 3 N–H and O–H groups in total. The Balaban J connectivity index is 1.48. The van der Waals surface area contributed by atoms with Gasteiger partial charge in [0.15, 0.2) is 0 Å². The average molecular weight is 477 g/mol. The fraction of sp³-hybridized carbons (Fsp3) is 0.400. The van der Waals surface area contributed by atoms with Gasteiger partial charge >= 0.3 is 5.97 Å². The van der Waals surface area contributed by atoms with Crippen LogP contribution >= 0.6 is 11.6 Å².